The van der Waals surface area contributed by atoms with Gasteiger partial charge in [0.15, 0.2) is 0 Å². The topological polar surface area (TPSA) is 28.6 Å². The lowest BCUT2D eigenvalue weighted by molar-refractivity contribution is 0.262. The van der Waals surface area contributed by atoms with E-state index in [-0.39, 0.29) is 0 Å². The SMILES string of the molecule is COc1ccccc1/C=C/CN1CCCN(Cc2cccnc2)CC1. The third-order valence-electron chi connectivity index (χ3n) is 4.61. The van der Waals surface area contributed by atoms with Crippen LogP contribution in [0.25, 0.3) is 6.08 Å². The fourth-order valence-electron chi connectivity index (χ4n) is 3.25. The Bertz CT molecular complexity index is 672. The average molecular weight is 337 g/mol. The fraction of sp³-hybridized carbons (Fsp3) is 0.381. The second kappa shape index (κ2) is 9.35. The number of para-hydroxylation sites is 1. The summed E-state index contributed by atoms with van der Waals surface area (Å²) in [6, 6.07) is 12.3. The van der Waals surface area contributed by atoms with Crippen LogP contribution < -0.4 is 4.74 Å². The smallest absolute Gasteiger partial charge is 0.126 e. The Hall–Kier alpha value is -2.17. The first-order valence-corrected chi connectivity index (χ1v) is 8.98. The van der Waals surface area contributed by atoms with E-state index in [9.17, 15) is 0 Å². The number of ether oxygens (including phenoxy) is 1. The molecule has 0 aliphatic carbocycles. The third kappa shape index (κ3) is 5.41. The summed E-state index contributed by atoms with van der Waals surface area (Å²) in [5.41, 5.74) is 2.44. The van der Waals surface area contributed by atoms with Gasteiger partial charge in [-0.25, -0.2) is 0 Å². The Balaban J connectivity index is 1.49. The molecule has 0 amide bonds. The number of rotatable bonds is 6. The minimum atomic E-state index is 0.928. The molecule has 1 aromatic heterocycles. The standard InChI is InChI=1S/C21H27N3O/c1-25-21-10-3-2-8-20(21)9-5-12-23-13-6-14-24(16-15-23)18-19-7-4-11-22-17-19/h2-5,7-11,17H,6,12-16,18H2,1H3/b9-5+. The van der Waals surface area contributed by atoms with Crippen LogP contribution in [-0.4, -0.2) is 54.6 Å². The van der Waals surface area contributed by atoms with Gasteiger partial charge in [-0.2, -0.15) is 0 Å². The fourth-order valence-corrected chi connectivity index (χ4v) is 3.25. The normalized spacial score (nSPS) is 16.8. The lowest BCUT2D eigenvalue weighted by atomic mass is 10.2. The summed E-state index contributed by atoms with van der Waals surface area (Å²) >= 11 is 0. The minimum absolute atomic E-state index is 0.928. The van der Waals surface area contributed by atoms with Crippen LogP contribution in [0.1, 0.15) is 17.5 Å². The molecule has 1 aliphatic rings. The second-order valence-electron chi connectivity index (χ2n) is 6.44. The van der Waals surface area contributed by atoms with Gasteiger partial charge in [-0.3, -0.25) is 14.8 Å². The number of pyridine rings is 1. The monoisotopic (exact) mass is 337 g/mol. The molecule has 0 atom stereocenters. The molecule has 1 fully saturated rings. The van der Waals surface area contributed by atoms with Gasteiger partial charge in [-0.05, 0) is 37.2 Å². The van der Waals surface area contributed by atoms with Crippen molar-refractivity contribution in [1.29, 1.82) is 0 Å². The van der Waals surface area contributed by atoms with Crippen molar-refractivity contribution in [2.75, 3.05) is 39.8 Å². The van der Waals surface area contributed by atoms with Crippen molar-refractivity contribution in [3.63, 3.8) is 0 Å². The molecule has 4 nitrogen and oxygen atoms in total. The van der Waals surface area contributed by atoms with Gasteiger partial charge < -0.3 is 4.74 Å². The minimum Gasteiger partial charge on any atom is -0.496 e. The van der Waals surface area contributed by atoms with Gasteiger partial charge in [0.1, 0.15) is 5.75 Å². The van der Waals surface area contributed by atoms with Crippen LogP contribution in [0.3, 0.4) is 0 Å². The quantitative estimate of drug-likeness (QED) is 0.808. The number of benzene rings is 1. The van der Waals surface area contributed by atoms with Crippen LogP contribution >= 0.6 is 0 Å². The summed E-state index contributed by atoms with van der Waals surface area (Å²) in [5, 5.41) is 0. The van der Waals surface area contributed by atoms with Crippen molar-refractivity contribution in [2.45, 2.75) is 13.0 Å². The molecule has 0 radical (unpaired) electrons. The Morgan fingerprint density at radius 3 is 2.72 bits per heavy atom. The largest absolute Gasteiger partial charge is 0.496 e. The van der Waals surface area contributed by atoms with Crippen molar-refractivity contribution < 1.29 is 4.74 Å². The van der Waals surface area contributed by atoms with Crippen LogP contribution in [0.15, 0.2) is 54.9 Å². The average Bonchev–Trinajstić information content (AvgIpc) is 2.88. The Morgan fingerprint density at radius 1 is 1.04 bits per heavy atom. The lowest BCUT2D eigenvalue weighted by Crippen LogP contribution is -2.30. The zero-order chi connectivity index (χ0) is 17.3. The first kappa shape index (κ1) is 17.6. The summed E-state index contributed by atoms with van der Waals surface area (Å²) in [4.78, 5) is 9.27. The predicted molar refractivity (Wildman–Crippen MR) is 103 cm³/mol. The molecule has 0 bridgehead atoms. The maximum Gasteiger partial charge on any atom is 0.126 e. The zero-order valence-electron chi connectivity index (χ0n) is 15.0. The molecule has 1 aromatic carbocycles. The van der Waals surface area contributed by atoms with E-state index < -0.39 is 0 Å². The van der Waals surface area contributed by atoms with E-state index in [1.54, 1.807) is 7.11 Å². The van der Waals surface area contributed by atoms with Crippen molar-refractivity contribution in [3.8, 4) is 5.75 Å². The maximum atomic E-state index is 5.40. The predicted octanol–water partition coefficient (Wildman–Crippen LogP) is 3.31. The van der Waals surface area contributed by atoms with Gasteiger partial charge >= 0.3 is 0 Å². The highest BCUT2D eigenvalue weighted by Crippen LogP contribution is 2.18. The molecule has 132 valence electrons. The van der Waals surface area contributed by atoms with Gasteiger partial charge in [0, 0.05) is 44.1 Å². The van der Waals surface area contributed by atoms with Gasteiger partial charge in [0.05, 0.1) is 7.11 Å². The summed E-state index contributed by atoms with van der Waals surface area (Å²) < 4.78 is 5.40. The van der Waals surface area contributed by atoms with Crippen molar-refractivity contribution in [3.05, 3.63) is 66.0 Å². The Labute approximate surface area is 150 Å². The lowest BCUT2D eigenvalue weighted by Gasteiger charge is -2.20. The molecular formula is C21H27N3O. The molecule has 4 heteroatoms. The Morgan fingerprint density at radius 2 is 1.88 bits per heavy atom. The van der Waals surface area contributed by atoms with E-state index in [1.165, 1.54) is 12.0 Å². The van der Waals surface area contributed by atoms with E-state index in [2.05, 4.69) is 39.1 Å². The van der Waals surface area contributed by atoms with Crippen molar-refractivity contribution in [2.24, 2.45) is 0 Å². The molecule has 0 N–H and O–H groups in total. The first-order chi connectivity index (χ1) is 12.3. The number of hydrogen-bond acceptors (Lipinski definition) is 4. The second-order valence-corrected chi connectivity index (χ2v) is 6.44. The van der Waals surface area contributed by atoms with Gasteiger partial charge in [0.25, 0.3) is 0 Å². The molecule has 1 saturated heterocycles. The van der Waals surface area contributed by atoms with E-state index in [4.69, 9.17) is 4.74 Å². The molecule has 3 rings (SSSR count). The molecule has 0 unspecified atom stereocenters. The van der Waals surface area contributed by atoms with E-state index in [1.807, 2.05) is 36.7 Å². The van der Waals surface area contributed by atoms with Crippen LogP contribution in [0.5, 0.6) is 5.75 Å². The highest BCUT2D eigenvalue weighted by atomic mass is 16.5. The highest BCUT2D eigenvalue weighted by molar-refractivity contribution is 5.57. The maximum absolute atomic E-state index is 5.40. The molecule has 2 aromatic rings. The zero-order valence-corrected chi connectivity index (χ0v) is 15.0. The number of aromatic nitrogens is 1. The number of methoxy groups -OCH3 is 1. The number of nitrogens with zero attached hydrogens (tertiary/aromatic N) is 3. The molecule has 25 heavy (non-hydrogen) atoms. The van der Waals surface area contributed by atoms with Crippen LogP contribution in [0, 0.1) is 0 Å². The molecule has 0 spiro atoms. The summed E-state index contributed by atoms with van der Waals surface area (Å²) in [5.74, 6) is 0.928. The highest BCUT2D eigenvalue weighted by Gasteiger charge is 2.14. The summed E-state index contributed by atoms with van der Waals surface area (Å²) in [6.45, 7) is 6.51. The van der Waals surface area contributed by atoms with E-state index in [0.717, 1.165) is 50.6 Å². The molecular weight excluding hydrogens is 310 g/mol. The molecule has 2 heterocycles. The van der Waals surface area contributed by atoms with Crippen LogP contribution in [-0.2, 0) is 6.54 Å². The van der Waals surface area contributed by atoms with Crippen molar-refractivity contribution in [1.82, 2.24) is 14.8 Å². The molecule has 0 saturated carbocycles. The summed E-state index contributed by atoms with van der Waals surface area (Å²) in [7, 11) is 1.72. The Kier molecular flexibility index (Phi) is 6.60. The summed E-state index contributed by atoms with van der Waals surface area (Å²) in [6.07, 6.45) is 9.43. The van der Waals surface area contributed by atoms with Gasteiger partial charge in [-0.1, -0.05) is 36.4 Å². The van der Waals surface area contributed by atoms with E-state index >= 15 is 0 Å². The van der Waals surface area contributed by atoms with Crippen LogP contribution in [0.4, 0.5) is 0 Å². The first-order valence-electron chi connectivity index (χ1n) is 8.98. The van der Waals surface area contributed by atoms with E-state index in [0.29, 0.717) is 0 Å². The van der Waals surface area contributed by atoms with Gasteiger partial charge in [0.2, 0.25) is 0 Å². The van der Waals surface area contributed by atoms with Gasteiger partial charge in [-0.15, -0.1) is 0 Å². The number of hydrogen-bond donors (Lipinski definition) is 0. The van der Waals surface area contributed by atoms with Crippen LogP contribution in [0.2, 0.25) is 0 Å². The molecule has 1 aliphatic heterocycles. The van der Waals surface area contributed by atoms with Crippen molar-refractivity contribution >= 4 is 6.08 Å². The third-order valence-corrected chi connectivity index (χ3v) is 4.61.